The second-order valence-corrected chi connectivity index (χ2v) is 6.43. The van der Waals surface area contributed by atoms with Gasteiger partial charge in [-0.2, -0.15) is 0 Å². The van der Waals surface area contributed by atoms with Crippen LogP contribution in [-0.4, -0.2) is 23.9 Å². The smallest absolute Gasteiger partial charge is 0.253 e. The number of halogens is 2. The van der Waals surface area contributed by atoms with Crippen molar-refractivity contribution in [3.8, 4) is 0 Å². The summed E-state index contributed by atoms with van der Waals surface area (Å²) in [6, 6.07) is 4.95. The molecule has 0 spiro atoms. The van der Waals surface area contributed by atoms with Gasteiger partial charge in [0.2, 0.25) is 5.91 Å². The normalized spacial score (nSPS) is 11.0. The number of carbonyl (C=O) groups is 2. The molecule has 0 heterocycles. The average molecular weight is 348 g/mol. The van der Waals surface area contributed by atoms with E-state index in [4.69, 9.17) is 11.6 Å². The molecular formula is C13H16BrClN2O2. The summed E-state index contributed by atoms with van der Waals surface area (Å²) in [4.78, 5) is 23.4. The third-order valence-electron chi connectivity index (χ3n) is 2.10. The molecule has 2 N–H and O–H groups in total. The van der Waals surface area contributed by atoms with E-state index in [2.05, 4.69) is 26.6 Å². The molecule has 4 nitrogen and oxygen atoms in total. The first-order valence-corrected chi connectivity index (χ1v) is 6.90. The molecule has 6 heteroatoms. The highest BCUT2D eigenvalue weighted by Gasteiger charge is 2.15. The molecule has 0 saturated carbocycles. The van der Waals surface area contributed by atoms with E-state index in [1.54, 1.807) is 18.2 Å². The maximum atomic E-state index is 11.9. The Kier molecular flexibility index (Phi) is 5.38. The Hall–Kier alpha value is -1.07. The van der Waals surface area contributed by atoms with E-state index in [1.165, 1.54) is 0 Å². The number of nitrogens with one attached hydrogen (secondary N) is 2. The van der Waals surface area contributed by atoms with Crippen LogP contribution in [0.1, 0.15) is 31.1 Å². The second kappa shape index (κ2) is 6.39. The minimum absolute atomic E-state index is 0.0809. The lowest BCUT2D eigenvalue weighted by Gasteiger charge is -2.20. The van der Waals surface area contributed by atoms with Gasteiger partial charge in [0.15, 0.2) is 0 Å². The Morgan fingerprint density at radius 1 is 1.32 bits per heavy atom. The van der Waals surface area contributed by atoms with Gasteiger partial charge in [0, 0.05) is 10.0 Å². The van der Waals surface area contributed by atoms with E-state index in [-0.39, 0.29) is 23.9 Å². The summed E-state index contributed by atoms with van der Waals surface area (Å²) in [5, 5.41) is 5.62. The van der Waals surface area contributed by atoms with Gasteiger partial charge in [0.1, 0.15) is 0 Å². The Morgan fingerprint density at radius 2 is 1.95 bits per heavy atom. The number of hydrogen-bond acceptors (Lipinski definition) is 2. The molecule has 104 valence electrons. The lowest BCUT2D eigenvalue weighted by Crippen LogP contribution is -2.45. The number of carbonyl (C=O) groups excluding carboxylic acids is 2. The largest absolute Gasteiger partial charge is 0.350 e. The maximum Gasteiger partial charge on any atom is 0.253 e. The zero-order chi connectivity index (χ0) is 14.6. The number of rotatable bonds is 3. The summed E-state index contributed by atoms with van der Waals surface area (Å²) in [6.07, 6.45) is 0. The van der Waals surface area contributed by atoms with Crippen LogP contribution in [0.15, 0.2) is 22.7 Å². The predicted molar refractivity (Wildman–Crippen MR) is 79.4 cm³/mol. The van der Waals surface area contributed by atoms with Crippen molar-refractivity contribution >= 4 is 39.3 Å². The molecular weight excluding hydrogens is 332 g/mol. The van der Waals surface area contributed by atoms with E-state index in [1.807, 2.05) is 20.8 Å². The number of benzene rings is 1. The van der Waals surface area contributed by atoms with Crippen LogP contribution in [0.3, 0.4) is 0 Å². The lowest BCUT2D eigenvalue weighted by atomic mass is 10.1. The van der Waals surface area contributed by atoms with Crippen molar-refractivity contribution in [2.45, 2.75) is 26.3 Å². The molecule has 19 heavy (non-hydrogen) atoms. The Bertz CT molecular complexity index is 498. The van der Waals surface area contributed by atoms with Crippen LogP contribution in [0.4, 0.5) is 0 Å². The van der Waals surface area contributed by atoms with E-state index in [0.717, 1.165) is 4.47 Å². The van der Waals surface area contributed by atoms with Crippen molar-refractivity contribution in [2.75, 3.05) is 6.54 Å². The van der Waals surface area contributed by atoms with Crippen molar-refractivity contribution in [1.29, 1.82) is 0 Å². The summed E-state index contributed by atoms with van der Waals surface area (Å²) < 4.78 is 0.791. The van der Waals surface area contributed by atoms with Gasteiger partial charge in [-0.05, 0) is 39.0 Å². The van der Waals surface area contributed by atoms with E-state index in [0.29, 0.717) is 10.6 Å². The maximum absolute atomic E-state index is 11.9. The molecule has 0 aromatic heterocycles. The van der Waals surface area contributed by atoms with Crippen LogP contribution < -0.4 is 10.6 Å². The fourth-order valence-corrected chi connectivity index (χ4v) is 2.15. The first-order valence-electron chi connectivity index (χ1n) is 5.73. The molecule has 1 aromatic carbocycles. The predicted octanol–water partition coefficient (Wildman–Crippen LogP) is 2.75. The third kappa shape index (κ3) is 5.61. The lowest BCUT2D eigenvalue weighted by molar-refractivity contribution is -0.121. The van der Waals surface area contributed by atoms with Gasteiger partial charge in [0.25, 0.3) is 5.91 Å². The SMILES string of the molecule is CC(C)(C)NC(=O)CNC(=O)c1ccc(Br)cc1Cl. The minimum atomic E-state index is -0.374. The quantitative estimate of drug-likeness (QED) is 0.883. The molecule has 0 atom stereocenters. The van der Waals surface area contributed by atoms with Crippen LogP contribution in [-0.2, 0) is 4.79 Å². The van der Waals surface area contributed by atoms with E-state index in [9.17, 15) is 9.59 Å². The molecule has 0 aliphatic rings. The fraction of sp³-hybridized carbons (Fsp3) is 0.385. The zero-order valence-electron chi connectivity index (χ0n) is 11.0. The van der Waals surface area contributed by atoms with Gasteiger partial charge < -0.3 is 10.6 Å². The van der Waals surface area contributed by atoms with Gasteiger partial charge >= 0.3 is 0 Å². The van der Waals surface area contributed by atoms with Crippen LogP contribution >= 0.6 is 27.5 Å². The second-order valence-electron chi connectivity index (χ2n) is 5.11. The molecule has 0 saturated heterocycles. The monoisotopic (exact) mass is 346 g/mol. The van der Waals surface area contributed by atoms with Crippen LogP contribution in [0.25, 0.3) is 0 Å². The summed E-state index contributed by atoms with van der Waals surface area (Å²) in [6.45, 7) is 5.54. The number of amides is 2. The summed E-state index contributed by atoms with van der Waals surface area (Å²) >= 11 is 9.22. The third-order valence-corrected chi connectivity index (χ3v) is 2.91. The highest BCUT2D eigenvalue weighted by molar-refractivity contribution is 9.10. The summed E-state index contributed by atoms with van der Waals surface area (Å²) in [7, 11) is 0. The van der Waals surface area contributed by atoms with E-state index >= 15 is 0 Å². The zero-order valence-corrected chi connectivity index (χ0v) is 13.4. The van der Waals surface area contributed by atoms with Crippen molar-refractivity contribution in [3.05, 3.63) is 33.3 Å². The summed E-state index contributed by atoms with van der Waals surface area (Å²) in [5.74, 6) is -0.615. The highest BCUT2D eigenvalue weighted by atomic mass is 79.9. The fourth-order valence-electron chi connectivity index (χ4n) is 1.39. The Balaban J connectivity index is 2.59. The molecule has 0 aliphatic heterocycles. The first-order chi connectivity index (χ1) is 8.69. The number of hydrogen-bond donors (Lipinski definition) is 2. The van der Waals surface area contributed by atoms with Crippen LogP contribution in [0, 0.1) is 0 Å². The van der Waals surface area contributed by atoms with Crippen molar-refractivity contribution in [3.63, 3.8) is 0 Å². The van der Waals surface area contributed by atoms with Gasteiger partial charge in [-0.15, -0.1) is 0 Å². The van der Waals surface area contributed by atoms with Gasteiger partial charge in [-0.1, -0.05) is 27.5 Å². The van der Waals surface area contributed by atoms with Crippen molar-refractivity contribution in [2.24, 2.45) is 0 Å². The van der Waals surface area contributed by atoms with Gasteiger partial charge in [-0.25, -0.2) is 0 Å². The van der Waals surface area contributed by atoms with Crippen molar-refractivity contribution in [1.82, 2.24) is 10.6 Å². The molecule has 0 unspecified atom stereocenters. The van der Waals surface area contributed by atoms with Crippen LogP contribution in [0.2, 0.25) is 5.02 Å². The first kappa shape index (κ1) is 16.0. The molecule has 0 aliphatic carbocycles. The standard InChI is InChI=1S/C13H16BrClN2O2/c1-13(2,3)17-11(18)7-16-12(19)9-5-4-8(14)6-10(9)15/h4-6H,7H2,1-3H3,(H,16,19)(H,17,18). The van der Waals surface area contributed by atoms with Gasteiger partial charge in [0.05, 0.1) is 17.1 Å². The Morgan fingerprint density at radius 3 is 2.47 bits per heavy atom. The Labute approximate surface area is 126 Å². The average Bonchev–Trinajstić information content (AvgIpc) is 2.23. The molecule has 2 amide bonds. The highest BCUT2D eigenvalue weighted by Crippen LogP contribution is 2.21. The molecule has 0 bridgehead atoms. The minimum Gasteiger partial charge on any atom is -0.350 e. The van der Waals surface area contributed by atoms with E-state index < -0.39 is 0 Å². The van der Waals surface area contributed by atoms with Crippen LogP contribution in [0.5, 0.6) is 0 Å². The van der Waals surface area contributed by atoms with Gasteiger partial charge in [-0.3, -0.25) is 9.59 Å². The van der Waals surface area contributed by atoms with Crippen molar-refractivity contribution < 1.29 is 9.59 Å². The molecule has 0 fully saturated rings. The molecule has 1 aromatic rings. The topological polar surface area (TPSA) is 58.2 Å². The molecule has 0 radical (unpaired) electrons. The summed E-state index contributed by atoms with van der Waals surface area (Å²) in [5.41, 5.74) is 0.0188. The molecule has 1 rings (SSSR count).